The van der Waals surface area contributed by atoms with Crippen molar-refractivity contribution in [2.45, 2.75) is 50.6 Å². The monoisotopic (exact) mass is 357 g/mol. The molecule has 5 fully saturated rings. The van der Waals surface area contributed by atoms with E-state index in [4.69, 9.17) is 5.21 Å². The Morgan fingerprint density at radius 1 is 1.21 bits per heavy atom. The van der Waals surface area contributed by atoms with Crippen LogP contribution in [0.4, 0.5) is 0 Å². The lowest BCUT2D eigenvalue weighted by molar-refractivity contribution is -0.174. The van der Waals surface area contributed by atoms with Crippen molar-refractivity contribution in [1.82, 2.24) is 15.7 Å². The number of carbonyl (C=O) groups is 3. The molecule has 7 nitrogen and oxygen atoms in total. The van der Waals surface area contributed by atoms with Crippen molar-refractivity contribution in [2.75, 3.05) is 6.54 Å². The zero-order valence-corrected chi connectivity index (χ0v) is 14.5. The number of imide groups is 1. The third-order valence-corrected chi connectivity index (χ3v) is 6.54. The minimum absolute atomic E-state index is 0. The van der Waals surface area contributed by atoms with Crippen LogP contribution in [0.2, 0.25) is 0 Å². The van der Waals surface area contributed by atoms with E-state index in [1.54, 1.807) is 6.92 Å². The van der Waals surface area contributed by atoms with Gasteiger partial charge in [0.05, 0.1) is 6.04 Å². The topological polar surface area (TPSA) is 98.7 Å². The van der Waals surface area contributed by atoms with Gasteiger partial charge in [0.2, 0.25) is 5.91 Å². The Balaban J connectivity index is 0.00000169. The predicted octanol–water partition coefficient (Wildman–Crippen LogP) is 0.455. The number of carbonyl (C=O) groups excluding carboxylic acids is 3. The Kier molecular flexibility index (Phi) is 4.38. The minimum atomic E-state index is -0.736. The van der Waals surface area contributed by atoms with Gasteiger partial charge in [-0.05, 0) is 62.7 Å². The summed E-state index contributed by atoms with van der Waals surface area (Å²) in [4.78, 5) is 38.2. The van der Waals surface area contributed by atoms with Crippen LogP contribution in [0.1, 0.15) is 39.0 Å². The van der Waals surface area contributed by atoms with Crippen molar-refractivity contribution in [3.05, 3.63) is 0 Å². The molecule has 1 aliphatic heterocycles. The normalized spacial score (nSPS) is 43.1. The van der Waals surface area contributed by atoms with Gasteiger partial charge >= 0.3 is 0 Å². The highest BCUT2D eigenvalue weighted by Gasteiger charge is 2.64. The number of hydrogen-bond donors (Lipinski definition) is 3. The molecular weight excluding hydrogens is 334 g/mol. The highest BCUT2D eigenvalue weighted by Crippen LogP contribution is 2.59. The number of nitrogens with zero attached hydrogens (tertiary/aromatic N) is 1. The number of halogens is 1. The molecule has 3 amide bonds. The Labute approximate surface area is 146 Å². The second kappa shape index (κ2) is 5.97. The molecule has 8 heteroatoms. The summed E-state index contributed by atoms with van der Waals surface area (Å²) in [6, 6.07) is -0.489. The number of hydrogen-bond acceptors (Lipinski definition) is 5. The molecule has 4 bridgehead atoms. The Hall–Kier alpha value is -1.18. The Bertz CT molecular complexity index is 554. The molecule has 4 aliphatic carbocycles. The molecule has 4 saturated carbocycles. The van der Waals surface area contributed by atoms with Crippen molar-refractivity contribution in [2.24, 2.45) is 23.7 Å². The van der Waals surface area contributed by atoms with Gasteiger partial charge in [-0.1, -0.05) is 0 Å². The summed E-state index contributed by atoms with van der Waals surface area (Å²) in [5, 5.41) is 12.1. The third kappa shape index (κ3) is 2.29. The van der Waals surface area contributed by atoms with Crippen molar-refractivity contribution in [3.63, 3.8) is 0 Å². The van der Waals surface area contributed by atoms with Gasteiger partial charge in [-0.15, -0.1) is 12.4 Å². The van der Waals surface area contributed by atoms with Crippen LogP contribution < -0.4 is 10.8 Å². The molecule has 0 aromatic carbocycles. The SMILES string of the molecule is C[C@@H]1NC2(C(=O)N(CC(=O)NO)C1=O)C1CC3CC(C1)CC2C3.Cl. The number of nitrogens with one attached hydrogen (secondary N) is 2. The molecule has 0 aromatic heterocycles. The van der Waals surface area contributed by atoms with E-state index in [2.05, 4.69) is 5.32 Å². The summed E-state index contributed by atoms with van der Waals surface area (Å²) in [5.41, 5.74) is 0.821. The first-order chi connectivity index (χ1) is 11.0. The van der Waals surface area contributed by atoms with Gasteiger partial charge in [-0.2, -0.15) is 0 Å². The van der Waals surface area contributed by atoms with Crippen LogP contribution in [-0.4, -0.2) is 46.0 Å². The average Bonchev–Trinajstić information content (AvgIpc) is 2.52. The lowest BCUT2D eigenvalue weighted by Gasteiger charge is -2.62. The molecular formula is C16H24ClN3O4. The second-order valence-corrected chi connectivity index (χ2v) is 7.80. The van der Waals surface area contributed by atoms with Gasteiger partial charge in [0, 0.05) is 0 Å². The summed E-state index contributed by atoms with van der Waals surface area (Å²) in [6.07, 6.45) is 5.42. The van der Waals surface area contributed by atoms with Gasteiger partial charge in [0.25, 0.3) is 11.8 Å². The minimum Gasteiger partial charge on any atom is -0.292 e. The first-order valence-electron chi connectivity index (χ1n) is 8.52. The van der Waals surface area contributed by atoms with Crippen LogP contribution in [0.25, 0.3) is 0 Å². The predicted molar refractivity (Wildman–Crippen MR) is 86.3 cm³/mol. The molecule has 5 rings (SSSR count). The smallest absolute Gasteiger partial charge is 0.263 e. The zero-order chi connectivity index (χ0) is 16.4. The molecule has 0 aromatic rings. The lowest BCUT2D eigenvalue weighted by Crippen LogP contribution is -2.78. The number of piperazine rings is 1. The van der Waals surface area contributed by atoms with Crippen LogP contribution in [0.3, 0.4) is 0 Å². The van der Waals surface area contributed by atoms with Crippen LogP contribution in [-0.2, 0) is 14.4 Å². The number of hydroxylamine groups is 1. The van der Waals surface area contributed by atoms with Gasteiger partial charge in [-0.25, -0.2) is 5.48 Å². The van der Waals surface area contributed by atoms with E-state index in [-0.39, 0.29) is 30.2 Å². The van der Waals surface area contributed by atoms with Crippen LogP contribution >= 0.6 is 12.4 Å². The van der Waals surface area contributed by atoms with Crippen molar-refractivity contribution in [3.8, 4) is 0 Å². The van der Waals surface area contributed by atoms with E-state index >= 15 is 0 Å². The summed E-state index contributed by atoms with van der Waals surface area (Å²) >= 11 is 0. The quantitative estimate of drug-likeness (QED) is 0.379. The van der Waals surface area contributed by atoms with E-state index < -0.39 is 29.9 Å². The Morgan fingerprint density at radius 2 is 1.75 bits per heavy atom. The van der Waals surface area contributed by atoms with Crippen LogP contribution in [0.5, 0.6) is 0 Å². The molecule has 134 valence electrons. The third-order valence-electron chi connectivity index (χ3n) is 6.54. The number of rotatable bonds is 2. The standard InChI is InChI=1S/C16H23N3O4.ClH/c1-8-14(21)19(7-13(20)18-23)15(22)16(17-8)11-3-9-2-10(5-11)6-12(16)4-9;/h8-12,17,23H,2-7H2,1H3,(H,18,20);1H/t8-,9?,10?,11?,12?,16?;/m0./s1. The average molecular weight is 358 g/mol. The van der Waals surface area contributed by atoms with E-state index in [1.807, 2.05) is 0 Å². The molecule has 0 radical (unpaired) electrons. The van der Waals surface area contributed by atoms with Gasteiger partial charge < -0.3 is 0 Å². The molecule has 1 atom stereocenters. The summed E-state index contributed by atoms with van der Waals surface area (Å²) in [6.45, 7) is 1.35. The van der Waals surface area contributed by atoms with Gasteiger partial charge in [-0.3, -0.25) is 29.8 Å². The molecule has 1 spiro atoms. The maximum Gasteiger partial charge on any atom is 0.263 e. The van der Waals surface area contributed by atoms with Crippen molar-refractivity contribution >= 4 is 30.1 Å². The fourth-order valence-electron chi connectivity index (χ4n) is 5.88. The first-order valence-corrected chi connectivity index (χ1v) is 8.52. The maximum atomic E-state index is 13.2. The summed E-state index contributed by atoms with van der Waals surface area (Å²) < 4.78 is 0. The maximum absolute atomic E-state index is 13.2. The molecule has 3 N–H and O–H groups in total. The van der Waals surface area contributed by atoms with E-state index in [1.165, 1.54) is 11.9 Å². The lowest BCUT2D eigenvalue weighted by atomic mass is 9.47. The molecule has 1 saturated heterocycles. The van der Waals surface area contributed by atoms with E-state index in [0.29, 0.717) is 11.8 Å². The van der Waals surface area contributed by atoms with E-state index in [0.717, 1.165) is 30.6 Å². The molecule has 5 aliphatic rings. The molecule has 1 heterocycles. The highest BCUT2D eigenvalue weighted by atomic mass is 35.5. The van der Waals surface area contributed by atoms with Crippen LogP contribution in [0, 0.1) is 23.7 Å². The Morgan fingerprint density at radius 3 is 2.25 bits per heavy atom. The fraction of sp³-hybridized carbons (Fsp3) is 0.812. The summed E-state index contributed by atoms with van der Waals surface area (Å²) in [5.74, 6) is 0.526. The van der Waals surface area contributed by atoms with Gasteiger partial charge in [0.1, 0.15) is 12.1 Å². The molecule has 24 heavy (non-hydrogen) atoms. The number of amides is 3. The second-order valence-electron chi connectivity index (χ2n) is 7.80. The molecule has 0 unspecified atom stereocenters. The van der Waals surface area contributed by atoms with Crippen LogP contribution in [0.15, 0.2) is 0 Å². The van der Waals surface area contributed by atoms with Crippen molar-refractivity contribution in [1.29, 1.82) is 0 Å². The van der Waals surface area contributed by atoms with E-state index in [9.17, 15) is 14.4 Å². The zero-order valence-electron chi connectivity index (χ0n) is 13.7. The highest BCUT2D eigenvalue weighted by molar-refractivity contribution is 6.07. The van der Waals surface area contributed by atoms with Crippen molar-refractivity contribution < 1.29 is 19.6 Å². The largest absolute Gasteiger partial charge is 0.292 e. The summed E-state index contributed by atoms with van der Waals surface area (Å²) in [7, 11) is 0. The fourth-order valence-corrected chi connectivity index (χ4v) is 5.88. The van der Waals surface area contributed by atoms with Gasteiger partial charge in [0.15, 0.2) is 0 Å². The first kappa shape index (κ1) is 17.6.